The average Bonchev–Trinajstić information content (AvgIpc) is 3.35. The topological polar surface area (TPSA) is 54.3 Å². The van der Waals surface area contributed by atoms with Gasteiger partial charge in [0, 0.05) is 48.2 Å². The summed E-state index contributed by atoms with van der Waals surface area (Å²) in [6, 6.07) is 11.7. The Hall–Kier alpha value is -2.70. The van der Waals surface area contributed by atoms with Gasteiger partial charge in [-0.3, -0.25) is 9.78 Å². The molecule has 2 aromatic heterocycles. The number of pyridine rings is 1. The molecule has 1 aromatic carbocycles. The van der Waals surface area contributed by atoms with E-state index in [0.717, 1.165) is 42.0 Å². The molecule has 0 radical (unpaired) electrons. The number of nitrogens with zero attached hydrogens (tertiary/aromatic N) is 5. The van der Waals surface area contributed by atoms with Gasteiger partial charge < -0.3 is 14.4 Å². The van der Waals surface area contributed by atoms with Crippen molar-refractivity contribution >= 4 is 17.5 Å². The normalized spacial score (nSPS) is 16.9. The molecule has 150 valence electrons. The number of hydrogen-bond donors (Lipinski definition) is 0. The molecular formula is C22H24ClN5O. The molecule has 1 aliphatic heterocycles. The smallest absolute Gasteiger partial charge is 0.242 e. The number of halogens is 1. The zero-order valence-electron chi connectivity index (χ0n) is 16.6. The Morgan fingerprint density at radius 3 is 2.55 bits per heavy atom. The van der Waals surface area contributed by atoms with Gasteiger partial charge in [0.1, 0.15) is 6.54 Å². The maximum atomic E-state index is 13.0. The number of carbonyl (C=O) groups excluding carboxylic acids is 1. The maximum Gasteiger partial charge on any atom is 0.242 e. The average molecular weight is 410 g/mol. The third-order valence-corrected chi connectivity index (χ3v) is 5.77. The quantitative estimate of drug-likeness (QED) is 0.647. The van der Waals surface area contributed by atoms with Crippen LogP contribution in [0.3, 0.4) is 0 Å². The molecule has 3 heterocycles. The molecule has 1 atom stereocenters. The van der Waals surface area contributed by atoms with E-state index in [1.165, 1.54) is 0 Å². The van der Waals surface area contributed by atoms with Crippen molar-refractivity contribution in [2.75, 3.05) is 27.2 Å². The van der Waals surface area contributed by atoms with Crippen LogP contribution >= 0.6 is 11.6 Å². The van der Waals surface area contributed by atoms with Gasteiger partial charge in [-0.1, -0.05) is 23.7 Å². The summed E-state index contributed by atoms with van der Waals surface area (Å²) in [4.78, 5) is 25.9. The fourth-order valence-corrected chi connectivity index (χ4v) is 3.95. The molecule has 0 bridgehead atoms. The van der Waals surface area contributed by atoms with Crippen LogP contribution in [-0.4, -0.2) is 63.5 Å². The number of aromatic nitrogens is 3. The number of likely N-dealkylation sites (N-methyl/N-ethyl adjacent to an activating group) is 2. The molecular weight excluding hydrogens is 386 g/mol. The Bertz CT molecular complexity index is 986. The van der Waals surface area contributed by atoms with Gasteiger partial charge in [0.05, 0.1) is 17.7 Å². The van der Waals surface area contributed by atoms with Gasteiger partial charge >= 0.3 is 0 Å². The zero-order chi connectivity index (χ0) is 20.4. The van der Waals surface area contributed by atoms with Crippen molar-refractivity contribution in [1.82, 2.24) is 24.3 Å². The van der Waals surface area contributed by atoms with Gasteiger partial charge in [-0.15, -0.1) is 0 Å². The number of hydrogen-bond acceptors (Lipinski definition) is 4. The Morgan fingerprint density at radius 2 is 1.90 bits per heavy atom. The Morgan fingerprint density at radius 1 is 1.17 bits per heavy atom. The van der Waals surface area contributed by atoms with Crippen molar-refractivity contribution in [2.24, 2.45) is 0 Å². The summed E-state index contributed by atoms with van der Waals surface area (Å²) in [5.41, 5.74) is 3.65. The van der Waals surface area contributed by atoms with E-state index in [2.05, 4.69) is 21.9 Å². The molecule has 0 N–H and O–H groups in total. The molecule has 7 heteroatoms. The molecule has 1 amide bonds. The molecule has 29 heavy (non-hydrogen) atoms. The predicted molar refractivity (Wildman–Crippen MR) is 115 cm³/mol. The lowest BCUT2D eigenvalue weighted by Crippen LogP contribution is -2.40. The van der Waals surface area contributed by atoms with Gasteiger partial charge in [-0.2, -0.15) is 0 Å². The number of benzene rings is 1. The summed E-state index contributed by atoms with van der Waals surface area (Å²) >= 11 is 6.05. The molecule has 4 rings (SSSR count). The molecule has 1 saturated heterocycles. The number of rotatable bonds is 5. The minimum Gasteiger partial charge on any atom is -0.340 e. The zero-order valence-corrected chi connectivity index (χ0v) is 17.4. The third-order valence-electron chi connectivity index (χ3n) is 5.52. The SMILES string of the molecule is CN1CC[C@@H](N(C)C(=O)Cn2cnc(-c3ccc(Cl)cc3)c2-c2ccncc2)C1. The molecule has 3 aromatic rings. The number of likely N-dealkylation sites (tertiary alicyclic amines) is 1. The predicted octanol–water partition coefficient (Wildman–Crippen LogP) is 3.43. The molecule has 1 fully saturated rings. The highest BCUT2D eigenvalue weighted by Crippen LogP contribution is 2.31. The third kappa shape index (κ3) is 4.18. The lowest BCUT2D eigenvalue weighted by molar-refractivity contribution is -0.132. The van der Waals surface area contributed by atoms with Gasteiger partial charge in [-0.25, -0.2) is 4.98 Å². The molecule has 0 unspecified atom stereocenters. The fraction of sp³-hybridized carbons (Fsp3) is 0.318. The Balaban J connectivity index is 1.66. The second-order valence-corrected chi connectivity index (χ2v) is 7.96. The highest BCUT2D eigenvalue weighted by Gasteiger charge is 2.27. The Labute approximate surface area is 175 Å². The molecule has 0 aliphatic carbocycles. The van der Waals surface area contributed by atoms with Gasteiger partial charge in [0.15, 0.2) is 0 Å². The van der Waals surface area contributed by atoms with E-state index in [0.29, 0.717) is 5.02 Å². The van der Waals surface area contributed by atoms with E-state index in [9.17, 15) is 4.79 Å². The summed E-state index contributed by atoms with van der Waals surface area (Å²) < 4.78 is 1.93. The molecule has 0 spiro atoms. The van der Waals surface area contributed by atoms with E-state index in [4.69, 9.17) is 11.6 Å². The van der Waals surface area contributed by atoms with E-state index in [1.54, 1.807) is 18.7 Å². The van der Waals surface area contributed by atoms with Crippen LogP contribution in [0.5, 0.6) is 0 Å². The Kier molecular flexibility index (Phi) is 5.65. The summed E-state index contributed by atoms with van der Waals surface area (Å²) in [6.07, 6.45) is 6.25. The lowest BCUT2D eigenvalue weighted by Gasteiger charge is -2.25. The summed E-state index contributed by atoms with van der Waals surface area (Å²) in [7, 11) is 3.99. The first-order valence-electron chi connectivity index (χ1n) is 9.68. The van der Waals surface area contributed by atoms with Crippen LogP contribution in [0.25, 0.3) is 22.5 Å². The van der Waals surface area contributed by atoms with E-state index >= 15 is 0 Å². The van der Waals surface area contributed by atoms with Crippen molar-refractivity contribution in [3.05, 3.63) is 60.1 Å². The van der Waals surface area contributed by atoms with Crippen molar-refractivity contribution in [3.8, 4) is 22.5 Å². The number of carbonyl (C=O) groups is 1. The molecule has 1 aliphatic rings. The molecule has 0 saturated carbocycles. The minimum absolute atomic E-state index is 0.0839. The highest BCUT2D eigenvalue weighted by atomic mass is 35.5. The molecule has 6 nitrogen and oxygen atoms in total. The van der Waals surface area contributed by atoms with Gasteiger partial charge in [0.25, 0.3) is 0 Å². The van der Waals surface area contributed by atoms with Crippen molar-refractivity contribution in [3.63, 3.8) is 0 Å². The van der Waals surface area contributed by atoms with Crippen LogP contribution in [0, 0.1) is 0 Å². The van der Waals surface area contributed by atoms with Gasteiger partial charge in [-0.05, 0) is 44.3 Å². The fourth-order valence-electron chi connectivity index (χ4n) is 3.82. The number of imidazole rings is 1. The van der Waals surface area contributed by atoms with Crippen LogP contribution in [0.4, 0.5) is 0 Å². The van der Waals surface area contributed by atoms with E-state index in [-0.39, 0.29) is 18.5 Å². The van der Waals surface area contributed by atoms with Crippen molar-refractivity contribution < 1.29 is 4.79 Å². The summed E-state index contributed by atoms with van der Waals surface area (Å²) in [6.45, 7) is 2.19. The summed E-state index contributed by atoms with van der Waals surface area (Å²) in [5.74, 6) is 0.0839. The van der Waals surface area contributed by atoms with Crippen molar-refractivity contribution in [1.29, 1.82) is 0 Å². The second kappa shape index (κ2) is 8.35. The van der Waals surface area contributed by atoms with Crippen LogP contribution in [0.15, 0.2) is 55.1 Å². The maximum absolute atomic E-state index is 13.0. The lowest BCUT2D eigenvalue weighted by atomic mass is 10.1. The number of amides is 1. The first-order valence-corrected chi connectivity index (χ1v) is 10.1. The standard InChI is InChI=1S/C22H24ClN5O/c1-26-12-9-19(13-26)27(2)20(29)14-28-15-25-21(16-3-5-18(23)6-4-16)22(28)17-7-10-24-11-8-17/h3-8,10-11,15,19H,9,12-14H2,1-2H3/t19-/m1/s1. The highest BCUT2D eigenvalue weighted by molar-refractivity contribution is 6.30. The van der Waals surface area contributed by atoms with E-state index in [1.807, 2.05) is 52.9 Å². The van der Waals surface area contributed by atoms with Gasteiger partial charge in [0.2, 0.25) is 5.91 Å². The minimum atomic E-state index is 0.0839. The van der Waals surface area contributed by atoms with Crippen molar-refractivity contribution in [2.45, 2.75) is 19.0 Å². The second-order valence-electron chi connectivity index (χ2n) is 7.52. The van der Waals surface area contributed by atoms with Crippen LogP contribution in [0.2, 0.25) is 5.02 Å². The van der Waals surface area contributed by atoms with Crippen LogP contribution in [-0.2, 0) is 11.3 Å². The van der Waals surface area contributed by atoms with E-state index < -0.39 is 0 Å². The largest absolute Gasteiger partial charge is 0.340 e. The monoisotopic (exact) mass is 409 g/mol. The summed E-state index contributed by atoms with van der Waals surface area (Å²) in [5, 5.41) is 0.678. The van der Waals surface area contributed by atoms with Crippen LogP contribution < -0.4 is 0 Å². The van der Waals surface area contributed by atoms with Crippen LogP contribution in [0.1, 0.15) is 6.42 Å². The first-order chi connectivity index (χ1) is 14.0. The first kappa shape index (κ1) is 19.6.